The first-order valence-corrected chi connectivity index (χ1v) is 6.61. The van der Waals surface area contributed by atoms with Gasteiger partial charge in [0.25, 0.3) is 0 Å². The van der Waals surface area contributed by atoms with E-state index in [1.807, 2.05) is 0 Å². The van der Waals surface area contributed by atoms with E-state index in [4.69, 9.17) is 6.42 Å². The van der Waals surface area contributed by atoms with Gasteiger partial charge in [-0.2, -0.15) is 0 Å². The molecule has 0 spiro atoms. The van der Waals surface area contributed by atoms with Crippen LogP contribution in [0.3, 0.4) is 0 Å². The van der Waals surface area contributed by atoms with Crippen molar-refractivity contribution >= 4 is 0 Å². The van der Waals surface area contributed by atoms with Gasteiger partial charge in [-0.05, 0) is 68.7 Å². The average Bonchev–Trinajstić information content (AvgIpc) is 2.30. The first-order chi connectivity index (χ1) is 8.15. The smallest absolute Gasteiger partial charge is 0.00989 e. The maximum atomic E-state index is 6.83. The maximum absolute atomic E-state index is 6.83. The van der Waals surface area contributed by atoms with E-state index < -0.39 is 0 Å². The summed E-state index contributed by atoms with van der Waals surface area (Å²) >= 11 is 0. The predicted octanol–water partition coefficient (Wildman–Crippen LogP) is 4.69. The number of rotatable bonds is 6. The summed E-state index contributed by atoms with van der Waals surface area (Å²) in [5.74, 6) is 2.45. The normalized spacial score (nSPS) is 10.2. The van der Waals surface area contributed by atoms with Gasteiger partial charge < -0.3 is 0 Å². The molecule has 0 aliphatic carbocycles. The molecule has 1 aromatic rings. The molecule has 17 heavy (non-hydrogen) atoms. The molecule has 0 amide bonds. The van der Waals surface area contributed by atoms with Crippen LogP contribution in [0.4, 0.5) is 0 Å². The zero-order valence-corrected chi connectivity index (χ0v) is 11.4. The molecule has 0 heterocycles. The molecule has 0 unspecified atom stereocenters. The van der Waals surface area contributed by atoms with E-state index in [2.05, 4.69) is 38.8 Å². The first kappa shape index (κ1) is 13.8. The number of aryl methyl sites for hydroxylation is 3. The number of hydrogen-bond donors (Lipinski definition) is 0. The minimum Gasteiger partial charge on any atom is -0.0891 e. The third kappa shape index (κ3) is 4.65. The van der Waals surface area contributed by atoms with Crippen molar-refractivity contribution in [2.45, 2.75) is 59.3 Å². The van der Waals surface area contributed by atoms with Gasteiger partial charge in [0.2, 0.25) is 0 Å². The molecule has 1 aromatic carbocycles. The van der Waals surface area contributed by atoms with Crippen LogP contribution in [0, 0.1) is 33.1 Å². The largest absolute Gasteiger partial charge is 0.0891 e. The zero-order valence-electron chi connectivity index (χ0n) is 11.4. The quantitative estimate of drug-likeness (QED) is 0.488. The Morgan fingerprint density at radius 2 is 1.53 bits per heavy atom. The molecule has 0 saturated heterocycles. The Hall–Kier alpha value is -1.22. The Bertz CT molecular complexity index is 370. The molecule has 0 bridgehead atoms. The van der Waals surface area contributed by atoms with E-state index >= 15 is 0 Å². The summed E-state index contributed by atoms with van der Waals surface area (Å²) in [7, 11) is 0. The second kappa shape index (κ2) is 7.17. The van der Waals surface area contributed by atoms with Crippen molar-refractivity contribution in [1.82, 2.24) is 0 Å². The summed E-state index contributed by atoms with van der Waals surface area (Å²) in [5, 5.41) is 0. The van der Waals surface area contributed by atoms with Crippen LogP contribution >= 0.6 is 0 Å². The van der Waals surface area contributed by atoms with Crippen LogP contribution in [-0.2, 0) is 6.42 Å². The molecule has 91 valence electrons. The van der Waals surface area contributed by atoms with E-state index in [1.165, 1.54) is 47.9 Å². The summed E-state index contributed by atoms with van der Waals surface area (Å²) in [5.41, 5.74) is 5.73. The van der Waals surface area contributed by atoms with Gasteiger partial charge in [0, 0.05) is 6.42 Å². The molecule has 1 rings (SSSR count). The molecular weight excluding hydrogens is 204 g/mol. The van der Waals surface area contributed by atoms with Crippen molar-refractivity contribution in [3.05, 3.63) is 40.8 Å². The van der Waals surface area contributed by atoms with Gasteiger partial charge in [-0.25, -0.2) is 0 Å². The average molecular weight is 227 g/mol. The third-order valence-corrected chi connectivity index (χ3v) is 3.50. The minimum atomic E-state index is 0.822. The highest BCUT2D eigenvalue weighted by Gasteiger charge is 2.00. The van der Waals surface area contributed by atoms with Crippen molar-refractivity contribution in [3.8, 4) is 5.92 Å². The lowest BCUT2D eigenvalue weighted by Crippen LogP contribution is -1.92. The van der Waals surface area contributed by atoms with Crippen molar-refractivity contribution < 1.29 is 0 Å². The van der Waals surface area contributed by atoms with Crippen LogP contribution in [0.2, 0.25) is 0 Å². The Balaban J connectivity index is 2.35. The lowest BCUT2D eigenvalue weighted by atomic mass is 9.97. The van der Waals surface area contributed by atoms with E-state index in [9.17, 15) is 0 Å². The van der Waals surface area contributed by atoms with Crippen LogP contribution < -0.4 is 0 Å². The first-order valence-electron chi connectivity index (χ1n) is 6.61. The Morgan fingerprint density at radius 3 is 2.12 bits per heavy atom. The lowest BCUT2D eigenvalue weighted by molar-refractivity contribution is 0.649. The van der Waals surface area contributed by atoms with Gasteiger partial charge in [-0.3, -0.25) is 0 Å². The lowest BCUT2D eigenvalue weighted by Gasteiger charge is -2.09. The molecule has 1 radical (unpaired) electrons. The van der Waals surface area contributed by atoms with Gasteiger partial charge in [-0.15, -0.1) is 0 Å². The molecule has 0 atom stereocenters. The molecule has 0 saturated carbocycles. The monoisotopic (exact) mass is 227 g/mol. The Labute approximate surface area is 106 Å². The number of unbranched alkanes of at least 4 members (excludes halogenated alkanes) is 4. The van der Waals surface area contributed by atoms with Crippen molar-refractivity contribution in [2.24, 2.45) is 0 Å². The molecule has 0 nitrogen and oxygen atoms in total. The third-order valence-electron chi connectivity index (χ3n) is 3.50. The molecular formula is C17H23. The molecule has 0 heteroatoms. The molecule has 0 fully saturated rings. The summed E-state index contributed by atoms with van der Waals surface area (Å²) in [4.78, 5) is 0. The summed E-state index contributed by atoms with van der Waals surface area (Å²) < 4.78 is 0. The Morgan fingerprint density at radius 1 is 0.941 bits per heavy atom. The highest BCUT2D eigenvalue weighted by atomic mass is 14.1. The topological polar surface area (TPSA) is 0 Å². The predicted molar refractivity (Wildman–Crippen MR) is 74.6 cm³/mol. The van der Waals surface area contributed by atoms with E-state index in [0.717, 1.165) is 12.8 Å². The SMILES string of the molecule is [C]#CCCCCCCc1cc(C)c(C)c(C)c1. The van der Waals surface area contributed by atoms with Crippen LogP contribution in [0.25, 0.3) is 0 Å². The number of hydrogen-bond acceptors (Lipinski definition) is 0. The standard InChI is InChI=1S/C17H23/c1-5-6-7-8-9-10-11-17-12-14(2)16(4)15(3)13-17/h12-13H,6-11H2,2-4H3. The summed E-state index contributed by atoms with van der Waals surface area (Å²) in [6.45, 7) is 6.60. The molecule has 0 N–H and O–H groups in total. The fourth-order valence-electron chi connectivity index (χ4n) is 2.17. The molecule has 0 aromatic heterocycles. The highest BCUT2D eigenvalue weighted by molar-refractivity contribution is 5.36. The van der Waals surface area contributed by atoms with Crippen LogP contribution in [0.15, 0.2) is 12.1 Å². The van der Waals surface area contributed by atoms with Crippen LogP contribution in [0.5, 0.6) is 0 Å². The van der Waals surface area contributed by atoms with Gasteiger partial charge in [0.15, 0.2) is 0 Å². The fourth-order valence-corrected chi connectivity index (χ4v) is 2.17. The zero-order chi connectivity index (χ0) is 12.7. The van der Waals surface area contributed by atoms with Crippen molar-refractivity contribution in [1.29, 1.82) is 0 Å². The van der Waals surface area contributed by atoms with Gasteiger partial charge in [0.05, 0.1) is 0 Å². The number of benzene rings is 1. The molecule has 0 aliphatic rings. The van der Waals surface area contributed by atoms with E-state index in [1.54, 1.807) is 0 Å². The fraction of sp³-hybridized carbons (Fsp3) is 0.529. The Kier molecular flexibility index (Phi) is 5.84. The molecule has 0 aliphatic heterocycles. The van der Waals surface area contributed by atoms with Crippen molar-refractivity contribution in [3.63, 3.8) is 0 Å². The highest BCUT2D eigenvalue weighted by Crippen LogP contribution is 2.17. The van der Waals surface area contributed by atoms with E-state index in [-0.39, 0.29) is 0 Å². The second-order valence-corrected chi connectivity index (χ2v) is 4.95. The van der Waals surface area contributed by atoms with Gasteiger partial charge in [0.1, 0.15) is 0 Å². The van der Waals surface area contributed by atoms with Crippen LogP contribution in [0.1, 0.15) is 54.4 Å². The van der Waals surface area contributed by atoms with Crippen molar-refractivity contribution in [2.75, 3.05) is 0 Å². The minimum absolute atomic E-state index is 0.822. The maximum Gasteiger partial charge on any atom is 0.00989 e. The second-order valence-electron chi connectivity index (χ2n) is 4.95. The van der Waals surface area contributed by atoms with Gasteiger partial charge in [-0.1, -0.05) is 30.9 Å². The van der Waals surface area contributed by atoms with Gasteiger partial charge >= 0.3 is 0 Å². The summed E-state index contributed by atoms with van der Waals surface area (Å²) in [6.07, 6.45) is 13.7. The van der Waals surface area contributed by atoms with Crippen LogP contribution in [-0.4, -0.2) is 0 Å². The van der Waals surface area contributed by atoms with E-state index in [0.29, 0.717) is 0 Å². The summed E-state index contributed by atoms with van der Waals surface area (Å²) in [6, 6.07) is 4.65.